The average molecular weight is 480 g/mol. The van der Waals surface area contributed by atoms with E-state index in [0.717, 1.165) is 12.3 Å². The number of halogens is 6. The van der Waals surface area contributed by atoms with Gasteiger partial charge in [0, 0.05) is 35.8 Å². The van der Waals surface area contributed by atoms with Crippen LogP contribution >= 0.6 is 34.8 Å². The molecular formula is C19H16Cl3F3N4O. The largest absolute Gasteiger partial charge is 0.417 e. The first kappa shape index (κ1) is 22.7. The van der Waals surface area contributed by atoms with Crippen molar-refractivity contribution in [1.29, 1.82) is 0 Å². The summed E-state index contributed by atoms with van der Waals surface area (Å²) < 4.78 is 38.3. The molecule has 2 aromatic rings. The third-order valence-electron chi connectivity index (χ3n) is 4.66. The minimum Gasteiger partial charge on any atom is -0.355 e. The number of carbonyl (C=O) groups excluding carboxylic acids is 1. The Morgan fingerprint density at radius 3 is 2.47 bits per heavy atom. The number of aromatic nitrogens is 1. The van der Waals surface area contributed by atoms with Gasteiger partial charge in [-0.3, -0.25) is 4.79 Å². The quantitative estimate of drug-likeness (QED) is 0.470. The molecule has 0 saturated carbocycles. The van der Waals surface area contributed by atoms with Gasteiger partial charge >= 0.3 is 6.18 Å². The maximum atomic E-state index is 12.8. The highest BCUT2D eigenvalue weighted by molar-refractivity contribution is 6.36. The van der Waals surface area contributed by atoms with E-state index in [1.807, 2.05) is 0 Å². The van der Waals surface area contributed by atoms with Crippen molar-refractivity contribution in [3.63, 3.8) is 0 Å². The fourth-order valence-electron chi connectivity index (χ4n) is 3.03. The molecule has 160 valence electrons. The predicted octanol–water partition coefficient (Wildman–Crippen LogP) is 5.43. The number of hydrogen-bond donors (Lipinski definition) is 1. The van der Waals surface area contributed by atoms with Crippen LogP contribution in [-0.2, 0) is 11.0 Å². The molecule has 0 atom stereocenters. The summed E-state index contributed by atoms with van der Waals surface area (Å²) in [6.45, 7) is 0.867. The number of alkyl halides is 3. The topological polar surface area (TPSA) is 57.6 Å². The van der Waals surface area contributed by atoms with E-state index in [4.69, 9.17) is 34.8 Å². The molecule has 1 aromatic heterocycles. The number of carbonyl (C=O) groups is 1. The summed E-state index contributed by atoms with van der Waals surface area (Å²) in [5.74, 6) is -0.256. The summed E-state index contributed by atoms with van der Waals surface area (Å²) >= 11 is 17.9. The Morgan fingerprint density at radius 1 is 1.17 bits per heavy atom. The molecule has 0 bridgehead atoms. The van der Waals surface area contributed by atoms with Crippen LogP contribution in [0.4, 0.5) is 19.0 Å². The summed E-state index contributed by atoms with van der Waals surface area (Å²) in [4.78, 5) is 18.0. The van der Waals surface area contributed by atoms with Crippen LogP contribution in [0.1, 0.15) is 24.0 Å². The van der Waals surface area contributed by atoms with Crippen molar-refractivity contribution in [2.24, 2.45) is 11.0 Å². The van der Waals surface area contributed by atoms with Crippen LogP contribution in [0.15, 0.2) is 35.6 Å². The van der Waals surface area contributed by atoms with Crippen LogP contribution in [-0.4, -0.2) is 30.2 Å². The number of hydrogen-bond acceptors (Lipinski definition) is 4. The van der Waals surface area contributed by atoms with Gasteiger partial charge in [0.1, 0.15) is 5.82 Å². The number of piperidine rings is 1. The molecule has 3 rings (SSSR count). The minimum atomic E-state index is -4.50. The van der Waals surface area contributed by atoms with Gasteiger partial charge in [0.25, 0.3) is 0 Å². The van der Waals surface area contributed by atoms with Gasteiger partial charge in [0.2, 0.25) is 5.91 Å². The Bertz CT molecular complexity index is 961. The van der Waals surface area contributed by atoms with Crippen molar-refractivity contribution >= 4 is 52.7 Å². The maximum Gasteiger partial charge on any atom is 0.417 e. The van der Waals surface area contributed by atoms with Gasteiger partial charge in [-0.05, 0) is 31.0 Å². The van der Waals surface area contributed by atoms with Crippen LogP contribution < -0.4 is 10.3 Å². The molecule has 0 aliphatic carbocycles. The lowest BCUT2D eigenvalue weighted by Crippen LogP contribution is -2.39. The summed E-state index contributed by atoms with van der Waals surface area (Å²) in [6, 6.07) is 5.77. The van der Waals surface area contributed by atoms with Crippen LogP contribution in [0.5, 0.6) is 0 Å². The second-order valence-corrected chi connectivity index (χ2v) is 7.94. The van der Waals surface area contributed by atoms with Gasteiger partial charge in [-0.15, -0.1) is 0 Å². The normalized spacial score (nSPS) is 15.6. The highest BCUT2D eigenvalue weighted by atomic mass is 35.5. The van der Waals surface area contributed by atoms with E-state index >= 15 is 0 Å². The first-order chi connectivity index (χ1) is 14.1. The number of benzene rings is 1. The highest BCUT2D eigenvalue weighted by Crippen LogP contribution is 2.34. The van der Waals surface area contributed by atoms with Gasteiger partial charge in [-0.1, -0.05) is 40.9 Å². The molecule has 0 unspecified atom stereocenters. The number of amides is 1. The molecule has 1 aliphatic heterocycles. The zero-order valence-electron chi connectivity index (χ0n) is 15.4. The monoisotopic (exact) mass is 478 g/mol. The van der Waals surface area contributed by atoms with Crippen molar-refractivity contribution < 1.29 is 18.0 Å². The van der Waals surface area contributed by atoms with Crippen molar-refractivity contribution in [3.05, 3.63) is 56.7 Å². The van der Waals surface area contributed by atoms with Gasteiger partial charge in [0.15, 0.2) is 0 Å². The smallest absolute Gasteiger partial charge is 0.355 e. The van der Waals surface area contributed by atoms with E-state index in [0.29, 0.717) is 41.5 Å². The third kappa shape index (κ3) is 5.56. The number of nitrogens with one attached hydrogen (secondary N) is 1. The second kappa shape index (κ2) is 9.41. The van der Waals surface area contributed by atoms with E-state index in [1.165, 1.54) is 6.21 Å². The predicted molar refractivity (Wildman–Crippen MR) is 111 cm³/mol. The van der Waals surface area contributed by atoms with E-state index in [9.17, 15) is 18.0 Å². The Hall–Kier alpha value is -2.03. The van der Waals surface area contributed by atoms with Crippen LogP contribution in [0.3, 0.4) is 0 Å². The summed E-state index contributed by atoms with van der Waals surface area (Å²) in [5, 5.41) is 4.76. The number of rotatable bonds is 4. The van der Waals surface area contributed by atoms with Gasteiger partial charge in [-0.2, -0.15) is 18.3 Å². The van der Waals surface area contributed by atoms with Gasteiger partial charge < -0.3 is 4.90 Å². The number of pyridine rings is 1. The lowest BCUT2D eigenvalue weighted by molar-refractivity contribution is -0.137. The molecule has 30 heavy (non-hydrogen) atoms. The molecule has 0 radical (unpaired) electrons. The van der Waals surface area contributed by atoms with E-state index < -0.39 is 11.7 Å². The highest BCUT2D eigenvalue weighted by Gasteiger charge is 2.33. The first-order valence-corrected chi connectivity index (χ1v) is 10.0. The maximum absolute atomic E-state index is 12.8. The van der Waals surface area contributed by atoms with E-state index in [2.05, 4.69) is 15.5 Å². The molecule has 1 amide bonds. The average Bonchev–Trinajstić information content (AvgIpc) is 2.69. The minimum absolute atomic E-state index is 0.0721. The molecule has 1 aliphatic rings. The van der Waals surface area contributed by atoms with Crippen molar-refractivity contribution in [3.8, 4) is 0 Å². The second-order valence-electron chi connectivity index (χ2n) is 6.69. The van der Waals surface area contributed by atoms with Gasteiger partial charge in [-0.25, -0.2) is 10.4 Å². The number of hydrazone groups is 1. The first-order valence-electron chi connectivity index (χ1n) is 8.91. The molecule has 2 heterocycles. The Labute approximate surface area is 185 Å². The zero-order valence-corrected chi connectivity index (χ0v) is 17.7. The zero-order chi connectivity index (χ0) is 21.9. The third-order valence-corrected chi connectivity index (χ3v) is 5.50. The van der Waals surface area contributed by atoms with Crippen LogP contribution in [0.25, 0.3) is 0 Å². The van der Waals surface area contributed by atoms with Crippen molar-refractivity contribution in [1.82, 2.24) is 10.4 Å². The molecule has 5 nitrogen and oxygen atoms in total. The number of nitrogens with zero attached hydrogens (tertiary/aromatic N) is 3. The fourth-order valence-corrected chi connectivity index (χ4v) is 3.78. The Balaban J connectivity index is 1.55. The molecule has 1 fully saturated rings. The van der Waals surface area contributed by atoms with Crippen LogP contribution in [0.2, 0.25) is 15.1 Å². The lowest BCUT2D eigenvalue weighted by atomic mass is 9.96. The Kier molecular flexibility index (Phi) is 7.10. The lowest BCUT2D eigenvalue weighted by Gasteiger charge is -2.32. The molecule has 1 saturated heterocycles. The SMILES string of the molecule is O=C(N/N=C\c1ccc(Cl)cc1Cl)C1CCN(c2ncc(C(F)(F)F)cc2Cl)CC1. The summed E-state index contributed by atoms with van der Waals surface area (Å²) in [5.41, 5.74) is 2.20. The molecule has 1 aromatic carbocycles. The van der Waals surface area contributed by atoms with E-state index in [1.54, 1.807) is 23.1 Å². The van der Waals surface area contributed by atoms with Crippen LogP contribution in [0, 0.1) is 5.92 Å². The Morgan fingerprint density at radius 2 is 1.87 bits per heavy atom. The standard InChI is InChI=1S/C19H16Cl3F3N4O/c20-14-2-1-12(15(21)8-14)9-27-28-18(30)11-3-5-29(6-4-11)17-16(22)7-13(10-26-17)19(23,24)25/h1-2,7-11H,3-6H2,(H,28,30)/b27-9-. The number of anilines is 1. The van der Waals surface area contributed by atoms with E-state index in [-0.39, 0.29) is 22.7 Å². The van der Waals surface area contributed by atoms with Crippen molar-refractivity contribution in [2.45, 2.75) is 19.0 Å². The summed E-state index contributed by atoms with van der Waals surface area (Å²) in [6.07, 6.45) is -1.34. The van der Waals surface area contributed by atoms with Gasteiger partial charge in [0.05, 0.1) is 21.8 Å². The molecule has 11 heteroatoms. The summed E-state index contributed by atoms with van der Waals surface area (Å²) in [7, 11) is 0. The molecule has 1 N–H and O–H groups in total. The molecular weight excluding hydrogens is 464 g/mol. The molecule has 0 spiro atoms. The fraction of sp³-hybridized carbons (Fsp3) is 0.316. The van der Waals surface area contributed by atoms with Crippen molar-refractivity contribution in [2.75, 3.05) is 18.0 Å².